The number of ether oxygens (including phenoxy) is 1. The Labute approximate surface area is 205 Å². The van der Waals surface area contributed by atoms with Gasteiger partial charge in [0.15, 0.2) is 0 Å². The lowest BCUT2D eigenvalue weighted by Gasteiger charge is -2.12. The number of imidazole rings is 1. The van der Waals surface area contributed by atoms with Crippen LogP contribution in [0.15, 0.2) is 66.7 Å². The van der Waals surface area contributed by atoms with E-state index in [9.17, 15) is 4.79 Å². The Morgan fingerprint density at radius 3 is 2.62 bits per heavy atom. The van der Waals surface area contributed by atoms with Crippen molar-refractivity contribution in [3.8, 4) is 5.75 Å². The minimum absolute atomic E-state index is 0.0117. The summed E-state index contributed by atoms with van der Waals surface area (Å²) in [5.74, 6) is 1.91. The number of benzene rings is 3. The topological polar surface area (TPSA) is 56.1 Å². The lowest BCUT2D eigenvalue weighted by Crippen LogP contribution is -2.26. The number of halogens is 1. The van der Waals surface area contributed by atoms with Gasteiger partial charge in [-0.05, 0) is 73.4 Å². The van der Waals surface area contributed by atoms with Crippen LogP contribution >= 0.6 is 11.6 Å². The van der Waals surface area contributed by atoms with Crippen LogP contribution in [0.4, 0.5) is 0 Å². The monoisotopic (exact) mass is 475 g/mol. The first-order valence-electron chi connectivity index (χ1n) is 11.6. The minimum Gasteiger partial charge on any atom is -0.492 e. The van der Waals surface area contributed by atoms with Crippen molar-refractivity contribution < 1.29 is 9.53 Å². The maximum Gasteiger partial charge on any atom is 0.224 e. The number of aryl methyl sites for hydroxylation is 3. The van der Waals surface area contributed by atoms with E-state index in [0.717, 1.165) is 41.0 Å². The average molecular weight is 476 g/mol. The van der Waals surface area contributed by atoms with Crippen LogP contribution in [0.3, 0.4) is 0 Å². The fraction of sp³-hybridized carbons (Fsp3) is 0.286. The molecular weight excluding hydrogens is 446 g/mol. The van der Waals surface area contributed by atoms with E-state index in [1.165, 1.54) is 11.1 Å². The van der Waals surface area contributed by atoms with Crippen LogP contribution in [0, 0.1) is 13.8 Å². The predicted octanol–water partition coefficient (Wildman–Crippen LogP) is 5.68. The summed E-state index contributed by atoms with van der Waals surface area (Å²) in [5, 5.41) is 3.68. The minimum atomic E-state index is 0.0117. The lowest BCUT2D eigenvalue weighted by molar-refractivity contribution is -0.120. The maximum absolute atomic E-state index is 12.3. The third-order valence-corrected chi connectivity index (χ3v) is 6.22. The summed E-state index contributed by atoms with van der Waals surface area (Å²) in [6.07, 6.45) is 1.94. The van der Waals surface area contributed by atoms with Gasteiger partial charge in [0.1, 0.15) is 18.2 Å². The van der Waals surface area contributed by atoms with Gasteiger partial charge in [-0.1, -0.05) is 41.9 Å². The van der Waals surface area contributed by atoms with E-state index in [1.54, 1.807) is 12.1 Å². The van der Waals surface area contributed by atoms with Crippen molar-refractivity contribution in [3.05, 3.63) is 94.3 Å². The summed E-state index contributed by atoms with van der Waals surface area (Å²) in [6.45, 7) is 6.08. The number of hydrogen-bond donors (Lipinski definition) is 1. The number of para-hydroxylation sites is 2. The van der Waals surface area contributed by atoms with Crippen LogP contribution in [0.2, 0.25) is 5.02 Å². The highest BCUT2D eigenvalue weighted by Gasteiger charge is 2.11. The first-order valence-corrected chi connectivity index (χ1v) is 12.0. The standard InChI is InChI=1S/C28H30ClN3O2/c1-20-9-14-24(18-21(20)2)34-17-16-32-26-7-4-3-6-25(26)31-27(32)8-5-15-30-28(33)19-22-10-12-23(29)13-11-22/h3-4,6-7,9-14,18H,5,8,15-17,19H2,1-2H3,(H,30,33). The second kappa shape index (κ2) is 11.2. The number of hydrogen-bond acceptors (Lipinski definition) is 3. The number of rotatable bonds is 10. The molecule has 0 spiro atoms. The molecule has 4 rings (SSSR count). The molecule has 0 saturated heterocycles. The van der Waals surface area contributed by atoms with Gasteiger partial charge in [-0.15, -0.1) is 0 Å². The molecule has 6 heteroatoms. The number of aromatic nitrogens is 2. The summed E-state index contributed by atoms with van der Waals surface area (Å²) < 4.78 is 8.25. The highest BCUT2D eigenvalue weighted by atomic mass is 35.5. The number of fused-ring (bicyclic) bond motifs is 1. The Hall–Kier alpha value is -3.31. The van der Waals surface area contributed by atoms with Gasteiger partial charge < -0.3 is 14.6 Å². The molecule has 5 nitrogen and oxygen atoms in total. The van der Waals surface area contributed by atoms with Crippen molar-refractivity contribution in [3.63, 3.8) is 0 Å². The smallest absolute Gasteiger partial charge is 0.224 e. The lowest BCUT2D eigenvalue weighted by atomic mass is 10.1. The Bertz CT molecular complexity index is 1260. The number of carbonyl (C=O) groups excluding carboxylic acids is 1. The first kappa shape index (κ1) is 23.8. The van der Waals surface area contributed by atoms with E-state index in [0.29, 0.717) is 31.1 Å². The molecule has 4 aromatic rings. The Kier molecular flexibility index (Phi) is 7.86. The van der Waals surface area contributed by atoms with E-state index in [2.05, 4.69) is 41.9 Å². The number of carbonyl (C=O) groups is 1. The fourth-order valence-electron chi connectivity index (χ4n) is 3.95. The quantitative estimate of drug-likeness (QED) is 0.300. The molecule has 1 aromatic heterocycles. The van der Waals surface area contributed by atoms with Gasteiger partial charge in [0, 0.05) is 18.0 Å². The Morgan fingerprint density at radius 2 is 1.82 bits per heavy atom. The molecule has 0 saturated carbocycles. The molecule has 3 aromatic carbocycles. The molecule has 0 atom stereocenters. The van der Waals surface area contributed by atoms with Gasteiger partial charge >= 0.3 is 0 Å². The Morgan fingerprint density at radius 1 is 1.03 bits per heavy atom. The third kappa shape index (κ3) is 6.17. The zero-order chi connectivity index (χ0) is 23.9. The predicted molar refractivity (Wildman–Crippen MR) is 138 cm³/mol. The summed E-state index contributed by atoms with van der Waals surface area (Å²) in [7, 11) is 0. The van der Waals surface area contributed by atoms with Gasteiger partial charge in [-0.25, -0.2) is 4.98 Å². The second-order valence-electron chi connectivity index (χ2n) is 8.52. The highest BCUT2D eigenvalue weighted by molar-refractivity contribution is 6.30. The number of nitrogens with one attached hydrogen (secondary N) is 1. The van der Waals surface area contributed by atoms with E-state index >= 15 is 0 Å². The fourth-order valence-corrected chi connectivity index (χ4v) is 4.07. The first-order chi connectivity index (χ1) is 16.5. The van der Waals surface area contributed by atoms with Crippen LogP contribution < -0.4 is 10.1 Å². The van der Waals surface area contributed by atoms with E-state index in [-0.39, 0.29) is 5.91 Å². The molecule has 0 unspecified atom stereocenters. The molecule has 176 valence electrons. The molecule has 0 bridgehead atoms. The van der Waals surface area contributed by atoms with Crippen LogP contribution in [-0.4, -0.2) is 28.6 Å². The normalized spacial score (nSPS) is 11.0. The molecule has 1 N–H and O–H groups in total. The average Bonchev–Trinajstić information content (AvgIpc) is 3.18. The molecule has 34 heavy (non-hydrogen) atoms. The second-order valence-corrected chi connectivity index (χ2v) is 8.96. The third-order valence-electron chi connectivity index (χ3n) is 5.97. The van der Waals surface area contributed by atoms with Gasteiger partial charge in [-0.3, -0.25) is 4.79 Å². The molecule has 0 radical (unpaired) electrons. The molecular formula is C28H30ClN3O2. The molecule has 1 heterocycles. The highest BCUT2D eigenvalue weighted by Crippen LogP contribution is 2.19. The summed E-state index contributed by atoms with van der Waals surface area (Å²) in [4.78, 5) is 17.1. The molecule has 0 fully saturated rings. The van der Waals surface area contributed by atoms with Crippen molar-refractivity contribution >= 4 is 28.5 Å². The van der Waals surface area contributed by atoms with Crippen molar-refractivity contribution in [1.82, 2.24) is 14.9 Å². The van der Waals surface area contributed by atoms with Crippen LogP contribution in [0.1, 0.15) is 28.9 Å². The molecule has 1 amide bonds. The molecule has 0 aliphatic heterocycles. The van der Waals surface area contributed by atoms with E-state index < -0.39 is 0 Å². The van der Waals surface area contributed by atoms with Crippen molar-refractivity contribution in [1.29, 1.82) is 0 Å². The molecule has 0 aliphatic rings. The van der Waals surface area contributed by atoms with Gasteiger partial charge in [-0.2, -0.15) is 0 Å². The summed E-state index contributed by atoms with van der Waals surface area (Å²) >= 11 is 5.91. The largest absolute Gasteiger partial charge is 0.492 e. The van der Waals surface area contributed by atoms with E-state index in [4.69, 9.17) is 21.3 Å². The number of amides is 1. The zero-order valence-electron chi connectivity index (χ0n) is 19.7. The van der Waals surface area contributed by atoms with Crippen molar-refractivity contribution in [2.45, 2.75) is 39.7 Å². The van der Waals surface area contributed by atoms with Crippen molar-refractivity contribution in [2.75, 3.05) is 13.2 Å². The zero-order valence-corrected chi connectivity index (χ0v) is 20.4. The van der Waals surface area contributed by atoms with Gasteiger partial charge in [0.05, 0.1) is 24.0 Å². The van der Waals surface area contributed by atoms with Crippen molar-refractivity contribution in [2.24, 2.45) is 0 Å². The van der Waals surface area contributed by atoms with Crippen LogP contribution in [-0.2, 0) is 24.2 Å². The Balaban J connectivity index is 1.32. The van der Waals surface area contributed by atoms with E-state index in [1.807, 2.05) is 36.4 Å². The SMILES string of the molecule is Cc1ccc(OCCn2c(CCCNC(=O)Cc3ccc(Cl)cc3)nc3ccccc32)cc1C. The summed E-state index contributed by atoms with van der Waals surface area (Å²) in [5.41, 5.74) is 5.52. The summed E-state index contributed by atoms with van der Waals surface area (Å²) in [6, 6.07) is 21.7. The number of nitrogens with zero attached hydrogens (tertiary/aromatic N) is 2. The van der Waals surface area contributed by atoms with Crippen LogP contribution in [0.5, 0.6) is 5.75 Å². The van der Waals surface area contributed by atoms with Gasteiger partial charge in [0.25, 0.3) is 0 Å². The maximum atomic E-state index is 12.3. The van der Waals surface area contributed by atoms with Crippen LogP contribution in [0.25, 0.3) is 11.0 Å². The van der Waals surface area contributed by atoms with Gasteiger partial charge in [0.2, 0.25) is 5.91 Å². The molecule has 0 aliphatic carbocycles.